The van der Waals surface area contributed by atoms with Gasteiger partial charge in [0, 0.05) is 29.6 Å². The van der Waals surface area contributed by atoms with Gasteiger partial charge in [-0.15, -0.1) is 0 Å². The van der Waals surface area contributed by atoms with Gasteiger partial charge in [-0.3, -0.25) is 4.40 Å². The Balaban J connectivity index is 1.89. The Bertz CT molecular complexity index is 1420. The Kier molecular flexibility index (Phi) is 4.02. The average molecular weight is 404 g/mol. The Morgan fingerprint density at radius 1 is 1.03 bits per heavy atom. The molecule has 0 aliphatic rings. The fourth-order valence-electron chi connectivity index (χ4n) is 3.76. The summed E-state index contributed by atoms with van der Waals surface area (Å²) in [5.74, 6) is -0.641. The van der Waals surface area contributed by atoms with E-state index in [9.17, 15) is 4.39 Å². The first-order chi connectivity index (χ1) is 14.4. The number of rotatable bonds is 3. The molecule has 2 aromatic carbocycles. The topological polar surface area (TPSA) is 74.0 Å². The Morgan fingerprint density at radius 3 is 2.63 bits per heavy atom. The molecule has 6 nitrogen and oxygen atoms in total. The summed E-state index contributed by atoms with van der Waals surface area (Å²) in [4.78, 5) is 13.0. The van der Waals surface area contributed by atoms with Gasteiger partial charge in [-0.1, -0.05) is 12.1 Å². The van der Waals surface area contributed by atoms with Crippen molar-refractivity contribution >= 4 is 22.5 Å². The second kappa shape index (κ2) is 6.62. The van der Waals surface area contributed by atoms with Crippen LogP contribution in [-0.2, 0) is 0 Å². The van der Waals surface area contributed by atoms with Crippen LogP contribution in [0.4, 0.5) is 14.6 Å². The molecule has 150 valence electrons. The summed E-state index contributed by atoms with van der Waals surface area (Å²) in [6, 6.07) is 9.45. The summed E-state index contributed by atoms with van der Waals surface area (Å²) >= 11 is 0. The van der Waals surface area contributed by atoms with Crippen LogP contribution in [0.2, 0.25) is 0 Å². The smallest absolute Gasteiger partial charge is 0.180 e. The summed E-state index contributed by atoms with van der Waals surface area (Å²) in [7, 11) is 0. The summed E-state index contributed by atoms with van der Waals surface area (Å²) in [6.45, 7) is 4.01. The van der Waals surface area contributed by atoms with Crippen molar-refractivity contribution in [1.29, 1.82) is 0 Å². The molecule has 0 saturated carbocycles. The monoisotopic (exact) mass is 404 g/mol. The number of nitrogens with two attached hydrogens (primary N) is 1. The van der Waals surface area contributed by atoms with Crippen molar-refractivity contribution in [1.82, 2.24) is 23.9 Å². The highest BCUT2D eigenvalue weighted by molar-refractivity contribution is 5.88. The first-order valence-corrected chi connectivity index (χ1v) is 9.49. The van der Waals surface area contributed by atoms with Gasteiger partial charge in [0.05, 0.1) is 23.2 Å². The molecule has 0 spiro atoms. The number of benzene rings is 2. The third kappa shape index (κ3) is 2.72. The van der Waals surface area contributed by atoms with E-state index in [1.165, 1.54) is 18.2 Å². The van der Waals surface area contributed by atoms with Gasteiger partial charge < -0.3 is 10.3 Å². The molecular formula is C22H18F2N6. The third-order valence-electron chi connectivity index (χ3n) is 5.13. The number of hydrogen-bond donors (Lipinski definition) is 1. The normalized spacial score (nSPS) is 11.8. The highest BCUT2D eigenvalue weighted by atomic mass is 19.1. The van der Waals surface area contributed by atoms with Gasteiger partial charge in [0.15, 0.2) is 17.3 Å². The number of aromatic nitrogens is 5. The SMILES string of the molecule is CC(C)n1cnc2c(F)cc(-c3c(-c4cccc(F)c4)nc(N)c4nccn34)cc21. The van der Waals surface area contributed by atoms with Gasteiger partial charge >= 0.3 is 0 Å². The van der Waals surface area contributed by atoms with Crippen molar-refractivity contribution in [2.75, 3.05) is 5.73 Å². The fraction of sp³-hybridized carbons (Fsp3) is 0.136. The summed E-state index contributed by atoms with van der Waals surface area (Å²) in [6.07, 6.45) is 4.95. The largest absolute Gasteiger partial charge is 0.381 e. The first kappa shape index (κ1) is 18.2. The number of anilines is 1. The lowest BCUT2D eigenvalue weighted by atomic mass is 10.0. The van der Waals surface area contributed by atoms with Gasteiger partial charge in [-0.2, -0.15) is 0 Å². The van der Waals surface area contributed by atoms with Crippen LogP contribution in [0.25, 0.3) is 39.2 Å². The number of nitrogen functional groups attached to an aromatic ring is 1. The predicted molar refractivity (Wildman–Crippen MR) is 112 cm³/mol. The molecule has 3 aromatic heterocycles. The van der Waals surface area contributed by atoms with Gasteiger partial charge in [0.25, 0.3) is 0 Å². The number of imidazole rings is 2. The van der Waals surface area contributed by atoms with Crippen LogP contribution in [0.5, 0.6) is 0 Å². The molecule has 0 atom stereocenters. The first-order valence-electron chi connectivity index (χ1n) is 9.49. The second-order valence-corrected chi connectivity index (χ2v) is 7.40. The summed E-state index contributed by atoms with van der Waals surface area (Å²) < 4.78 is 32.6. The maximum Gasteiger partial charge on any atom is 0.180 e. The molecule has 0 unspecified atom stereocenters. The molecule has 8 heteroatoms. The van der Waals surface area contributed by atoms with Crippen LogP contribution in [-0.4, -0.2) is 23.9 Å². The van der Waals surface area contributed by atoms with Crippen LogP contribution >= 0.6 is 0 Å². The third-order valence-corrected chi connectivity index (χ3v) is 5.13. The maximum absolute atomic E-state index is 15.0. The second-order valence-electron chi connectivity index (χ2n) is 7.40. The highest BCUT2D eigenvalue weighted by Gasteiger charge is 2.20. The molecule has 0 aliphatic carbocycles. The minimum atomic E-state index is -0.447. The highest BCUT2D eigenvalue weighted by Crippen LogP contribution is 2.35. The molecule has 3 heterocycles. The van der Waals surface area contributed by atoms with Crippen molar-refractivity contribution in [2.24, 2.45) is 0 Å². The van der Waals surface area contributed by atoms with Crippen molar-refractivity contribution in [2.45, 2.75) is 19.9 Å². The van der Waals surface area contributed by atoms with E-state index in [1.54, 1.807) is 35.3 Å². The molecule has 5 aromatic rings. The van der Waals surface area contributed by atoms with Crippen molar-refractivity contribution in [3.05, 3.63) is 66.8 Å². The van der Waals surface area contributed by atoms with Crippen molar-refractivity contribution in [3.8, 4) is 22.5 Å². The zero-order valence-electron chi connectivity index (χ0n) is 16.3. The minimum absolute atomic E-state index is 0.102. The van der Waals surface area contributed by atoms with Gasteiger partial charge in [0.2, 0.25) is 0 Å². The van der Waals surface area contributed by atoms with Gasteiger partial charge in [-0.25, -0.2) is 23.7 Å². The fourth-order valence-corrected chi connectivity index (χ4v) is 3.76. The molecule has 5 rings (SSSR count). The minimum Gasteiger partial charge on any atom is -0.381 e. The van der Waals surface area contributed by atoms with E-state index in [0.717, 1.165) is 0 Å². The van der Waals surface area contributed by atoms with Crippen molar-refractivity contribution < 1.29 is 8.78 Å². The van der Waals surface area contributed by atoms with Crippen LogP contribution in [0.3, 0.4) is 0 Å². The standard InChI is InChI=1S/C22H18F2N6/c1-12(2)30-11-27-19-16(24)9-14(10-17(19)30)20-18(13-4-3-5-15(23)8-13)28-21(25)22-26-6-7-29(20)22/h3-12H,1-2H3,(H2,25,28). The molecule has 0 bridgehead atoms. The Labute approximate surface area is 170 Å². The van der Waals surface area contributed by atoms with E-state index >= 15 is 4.39 Å². The number of halogens is 2. The summed E-state index contributed by atoms with van der Waals surface area (Å²) in [5, 5.41) is 0. The zero-order valence-corrected chi connectivity index (χ0v) is 16.3. The van der Waals surface area contributed by atoms with Gasteiger partial charge in [0.1, 0.15) is 11.3 Å². The van der Waals surface area contributed by atoms with Gasteiger partial charge in [-0.05, 0) is 38.1 Å². The number of hydrogen-bond acceptors (Lipinski definition) is 4. The van der Waals surface area contributed by atoms with E-state index in [2.05, 4.69) is 15.0 Å². The zero-order chi connectivity index (χ0) is 21.0. The van der Waals surface area contributed by atoms with E-state index in [0.29, 0.717) is 39.2 Å². The molecule has 0 radical (unpaired) electrons. The Hall–Kier alpha value is -3.81. The van der Waals surface area contributed by atoms with Crippen LogP contribution in [0.15, 0.2) is 55.1 Å². The van der Waals surface area contributed by atoms with E-state index in [1.807, 2.05) is 24.5 Å². The number of nitrogens with zero attached hydrogens (tertiary/aromatic N) is 5. The molecule has 2 N–H and O–H groups in total. The lowest BCUT2D eigenvalue weighted by Crippen LogP contribution is -2.04. The van der Waals surface area contributed by atoms with Crippen LogP contribution in [0.1, 0.15) is 19.9 Å². The van der Waals surface area contributed by atoms with E-state index in [4.69, 9.17) is 5.73 Å². The van der Waals surface area contributed by atoms with Crippen molar-refractivity contribution in [3.63, 3.8) is 0 Å². The molecule has 30 heavy (non-hydrogen) atoms. The average Bonchev–Trinajstić information content (AvgIpc) is 3.35. The summed E-state index contributed by atoms with van der Waals surface area (Å²) in [5.41, 5.74) is 9.63. The van der Waals surface area contributed by atoms with Crippen LogP contribution in [0, 0.1) is 11.6 Å². The maximum atomic E-state index is 15.0. The molecule has 0 amide bonds. The van der Waals surface area contributed by atoms with E-state index in [-0.39, 0.29) is 11.9 Å². The molecule has 0 aliphatic heterocycles. The predicted octanol–water partition coefficient (Wildman–Crippen LogP) is 4.85. The Morgan fingerprint density at radius 2 is 1.87 bits per heavy atom. The molecule has 0 saturated heterocycles. The quantitative estimate of drug-likeness (QED) is 0.466. The lowest BCUT2D eigenvalue weighted by Gasteiger charge is -2.15. The lowest BCUT2D eigenvalue weighted by molar-refractivity contribution is 0.617. The number of fused-ring (bicyclic) bond motifs is 2. The van der Waals surface area contributed by atoms with Crippen LogP contribution < -0.4 is 5.73 Å². The van der Waals surface area contributed by atoms with E-state index < -0.39 is 11.6 Å². The molecular weight excluding hydrogens is 386 g/mol. The molecule has 0 fully saturated rings.